The Bertz CT molecular complexity index is 2210. The maximum atomic E-state index is 13.6. The highest BCUT2D eigenvalue weighted by molar-refractivity contribution is 8.11. The molecule has 0 atom stereocenters. The van der Waals surface area contributed by atoms with Crippen LogP contribution in [0, 0.1) is 5.82 Å². The average Bonchev–Trinajstić information content (AvgIpc) is 3.41. The Morgan fingerprint density at radius 1 is 0.863 bits per heavy atom. The van der Waals surface area contributed by atoms with Crippen LogP contribution >= 0.6 is 35.0 Å². The van der Waals surface area contributed by atoms with Gasteiger partial charge in [-0.15, -0.1) is 11.8 Å². The first kappa shape index (κ1) is 36.5. The highest BCUT2D eigenvalue weighted by atomic mass is 35.5. The van der Waals surface area contributed by atoms with Crippen LogP contribution in [0.3, 0.4) is 0 Å². The zero-order chi connectivity index (χ0) is 36.0. The van der Waals surface area contributed by atoms with Crippen molar-refractivity contribution in [2.45, 2.75) is 23.8 Å². The van der Waals surface area contributed by atoms with Gasteiger partial charge in [-0.05, 0) is 77.4 Å². The van der Waals surface area contributed by atoms with Gasteiger partial charge < -0.3 is 14.4 Å². The van der Waals surface area contributed by atoms with Crippen molar-refractivity contribution >= 4 is 61.9 Å². The highest BCUT2D eigenvalue weighted by Gasteiger charge is 2.26. The summed E-state index contributed by atoms with van der Waals surface area (Å²) in [5.74, 6) is -1.06. The van der Waals surface area contributed by atoms with Crippen LogP contribution in [0.15, 0.2) is 126 Å². The van der Waals surface area contributed by atoms with Gasteiger partial charge in [-0.3, -0.25) is 0 Å². The number of benzene rings is 5. The number of rotatable bonds is 15. The van der Waals surface area contributed by atoms with E-state index in [2.05, 4.69) is 33.6 Å². The molecule has 12 heteroatoms. The molecule has 1 aromatic heterocycles. The topological polar surface area (TPSA) is 97.6 Å². The molecule has 262 valence electrons. The van der Waals surface area contributed by atoms with Crippen molar-refractivity contribution in [3.05, 3.63) is 165 Å². The number of carboxylic acid groups (broad SMARTS) is 1. The van der Waals surface area contributed by atoms with Gasteiger partial charge in [-0.25, -0.2) is 22.3 Å². The molecular weight excluding hydrogens is 730 g/mol. The first-order valence-electron chi connectivity index (χ1n) is 16.0. The molecule has 6 rings (SSSR count). The molecule has 5 aromatic carbocycles. The average molecular weight is 764 g/mol. The largest absolute Gasteiger partial charge is 0.493 e. The van der Waals surface area contributed by atoms with Crippen molar-refractivity contribution in [1.82, 2.24) is 9.29 Å². The Balaban J connectivity index is 1.36. The number of ether oxygens (including phenoxy) is 1. The number of nitrogens with one attached hydrogen (secondary N) is 1. The van der Waals surface area contributed by atoms with Gasteiger partial charge in [0.1, 0.15) is 16.7 Å². The molecule has 2 N–H and O–H groups in total. The van der Waals surface area contributed by atoms with Gasteiger partial charge in [0.2, 0.25) is 10.0 Å². The summed E-state index contributed by atoms with van der Waals surface area (Å²) in [4.78, 5) is 11.9. The van der Waals surface area contributed by atoms with E-state index in [4.69, 9.17) is 27.9 Å². The number of nitrogens with zero attached hydrogens (tertiary/aromatic N) is 1. The fraction of sp³-hybridized carbons (Fsp3) is 0.154. The van der Waals surface area contributed by atoms with Gasteiger partial charge in [-0.1, -0.05) is 83.9 Å². The number of hydrogen-bond donors (Lipinski definition) is 2. The van der Waals surface area contributed by atoms with Crippen molar-refractivity contribution < 1.29 is 27.4 Å². The maximum Gasteiger partial charge on any atom is 0.335 e. The van der Waals surface area contributed by atoms with Crippen molar-refractivity contribution in [3.63, 3.8) is 0 Å². The lowest BCUT2D eigenvalue weighted by atomic mass is 9.97. The van der Waals surface area contributed by atoms with Crippen molar-refractivity contribution in [2.75, 3.05) is 18.2 Å². The van der Waals surface area contributed by atoms with Gasteiger partial charge in [-0.2, -0.15) is 0 Å². The number of hydrogen-bond acceptors (Lipinski definition) is 5. The summed E-state index contributed by atoms with van der Waals surface area (Å²) < 4.78 is 51.1. The number of carboxylic acids is 1. The summed E-state index contributed by atoms with van der Waals surface area (Å²) in [6.07, 6.45) is 0.807. The lowest BCUT2D eigenvalue weighted by Gasteiger charge is -2.25. The highest BCUT2D eigenvalue weighted by Crippen LogP contribution is 2.38. The second kappa shape index (κ2) is 16.4. The molecule has 0 aliphatic carbocycles. The Morgan fingerprint density at radius 3 is 2.16 bits per heavy atom. The maximum absolute atomic E-state index is 13.6. The zero-order valence-corrected chi connectivity index (χ0v) is 30.3. The van der Waals surface area contributed by atoms with E-state index in [-0.39, 0.29) is 34.9 Å². The van der Waals surface area contributed by atoms with Gasteiger partial charge in [0.15, 0.2) is 0 Å². The predicted octanol–water partition coefficient (Wildman–Crippen LogP) is 9.26. The number of halogens is 3. The quantitative estimate of drug-likeness (QED) is 0.101. The number of aromatic nitrogens is 1. The lowest BCUT2D eigenvalue weighted by Crippen LogP contribution is -2.28. The minimum absolute atomic E-state index is 0.0709. The Morgan fingerprint density at radius 2 is 1.53 bits per heavy atom. The molecule has 0 amide bonds. The Kier molecular flexibility index (Phi) is 11.7. The summed E-state index contributed by atoms with van der Waals surface area (Å²) in [6.45, 7) is 0.382. The monoisotopic (exact) mass is 762 g/mol. The molecule has 0 spiro atoms. The lowest BCUT2D eigenvalue weighted by molar-refractivity contribution is 0.0697. The number of thioether (sulfide) groups is 1. The fourth-order valence-electron chi connectivity index (χ4n) is 6.06. The molecule has 0 saturated carbocycles. The minimum atomic E-state index is -3.74. The molecule has 1 heterocycles. The summed E-state index contributed by atoms with van der Waals surface area (Å²) in [7, 11) is -3.74. The van der Waals surface area contributed by atoms with Gasteiger partial charge in [0.05, 0.1) is 23.2 Å². The van der Waals surface area contributed by atoms with E-state index >= 15 is 0 Å². The normalized spacial score (nSPS) is 11.7. The number of aromatic carboxylic acids is 1. The Labute approximate surface area is 310 Å². The summed E-state index contributed by atoms with van der Waals surface area (Å²) in [5.41, 5.74) is 5.06. The third-order valence-corrected chi connectivity index (χ3v) is 11.8. The molecule has 0 fully saturated rings. The van der Waals surface area contributed by atoms with Gasteiger partial charge in [0, 0.05) is 45.9 Å². The van der Waals surface area contributed by atoms with Crippen LogP contribution in [0.25, 0.3) is 10.9 Å². The van der Waals surface area contributed by atoms with E-state index in [1.807, 2.05) is 54.6 Å². The standard InChI is InChI=1S/C39H33Cl2FN2O5S2/c40-29-13-18-36-33(23-29)32(20-22-49-30-14-11-28(12-15-30)39(45)46)37(19-21-43-51(47,48)25-50-31-16-17-35(42)34(41)24-31)44(36)38(26-7-3-1-4-8-26)27-9-5-2-6-10-27/h1-18,23-24,38,43H,19-22,25H2,(H,45,46). The summed E-state index contributed by atoms with van der Waals surface area (Å²) in [5, 5.41) is 10.4. The molecule has 51 heavy (non-hydrogen) atoms. The number of fused-ring (bicyclic) bond motifs is 1. The first-order valence-corrected chi connectivity index (χ1v) is 19.4. The van der Waals surface area contributed by atoms with Crippen molar-refractivity contribution in [2.24, 2.45) is 0 Å². The second-order valence-corrected chi connectivity index (χ2v) is 15.8. The van der Waals surface area contributed by atoms with E-state index in [1.54, 1.807) is 12.1 Å². The van der Waals surface area contributed by atoms with E-state index in [0.717, 1.165) is 45.0 Å². The van der Waals surface area contributed by atoms with Crippen LogP contribution in [0.2, 0.25) is 10.0 Å². The van der Waals surface area contributed by atoms with E-state index in [9.17, 15) is 22.7 Å². The van der Waals surface area contributed by atoms with Gasteiger partial charge in [0.25, 0.3) is 0 Å². The fourth-order valence-corrected chi connectivity index (χ4v) is 8.75. The molecule has 0 saturated heterocycles. The number of sulfonamides is 1. The molecule has 6 aromatic rings. The van der Waals surface area contributed by atoms with Crippen LogP contribution < -0.4 is 9.46 Å². The molecule has 0 unspecified atom stereocenters. The van der Waals surface area contributed by atoms with Gasteiger partial charge >= 0.3 is 5.97 Å². The van der Waals surface area contributed by atoms with Crippen LogP contribution in [-0.2, 0) is 22.9 Å². The van der Waals surface area contributed by atoms with Crippen LogP contribution in [-0.4, -0.2) is 42.3 Å². The molecule has 7 nitrogen and oxygen atoms in total. The van der Waals surface area contributed by atoms with Crippen molar-refractivity contribution in [3.8, 4) is 5.75 Å². The van der Waals surface area contributed by atoms with Crippen LogP contribution in [0.1, 0.15) is 38.8 Å². The summed E-state index contributed by atoms with van der Waals surface area (Å²) >= 11 is 13.5. The van der Waals surface area contributed by atoms with E-state index in [1.165, 1.54) is 30.3 Å². The predicted molar refractivity (Wildman–Crippen MR) is 202 cm³/mol. The third-order valence-electron chi connectivity index (χ3n) is 8.35. The third kappa shape index (κ3) is 8.95. The molecular formula is C39H33Cl2FN2O5S2. The zero-order valence-electron chi connectivity index (χ0n) is 27.1. The van der Waals surface area contributed by atoms with E-state index < -0.39 is 21.8 Å². The van der Waals surface area contributed by atoms with Crippen molar-refractivity contribution in [1.29, 1.82) is 0 Å². The molecule has 0 bridgehead atoms. The van der Waals surface area contributed by atoms with E-state index in [0.29, 0.717) is 28.5 Å². The molecule has 0 radical (unpaired) electrons. The number of carbonyl (C=O) groups is 1. The minimum Gasteiger partial charge on any atom is -0.493 e. The Hall–Kier alpha value is -4.32. The summed E-state index contributed by atoms with van der Waals surface area (Å²) in [6, 6.07) is 36.1. The first-order chi connectivity index (χ1) is 24.6. The van der Waals surface area contributed by atoms with Crippen LogP contribution in [0.5, 0.6) is 5.75 Å². The molecule has 0 aliphatic heterocycles. The molecule has 0 aliphatic rings. The van der Waals surface area contributed by atoms with Crippen LogP contribution in [0.4, 0.5) is 4.39 Å². The SMILES string of the molecule is O=C(O)c1ccc(OCCc2c(CCNS(=O)(=O)CSc3ccc(F)c(Cl)c3)n(C(c3ccccc3)c3ccccc3)c3ccc(Cl)cc23)cc1. The second-order valence-electron chi connectivity index (χ2n) is 11.7. The smallest absolute Gasteiger partial charge is 0.335 e.